The number of nitrogens with zero attached hydrogens (tertiary/aromatic N) is 3. The van der Waals surface area contributed by atoms with Gasteiger partial charge in [0.1, 0.15) is 6.10 Å². The number of para-hydroxylation sites is 2. The van der Waals surface area contributed by atoms with Crippen molar-refractivity contribution in [3.8, 4) is 11.5 Å². The van der Waals surface area contributed by atoms with E-state index in [-0.39, 0.29) is 18.3 Å². The Balaban J connectivity index is 0.00000289. The van der Waals surface area contributed by atoms with Crippen molar-refractivity contribution in [1.29, 1.82) is 0 Å². The van der Waals surface area contributed by atoms with Crippen LogP contribution in [0.1, 0.15) is 24.5 Å². The maximum Gasteiger partial charge on any atom is 0.273 e. The molecule has 8 heteroatoms. The fourth-order valence-electron chi connectivity index (χ4n) is 3.75. The quantitative estimate of drug-likeness (QED) is 0.510. The van der Waals surface area contributed by atoms with Gasteiger partial charge in [-0.1, -0.05) is 35.6 Å². The van der Waals surface area contributed by atoms with Gasteiger partial charge in [0.2, 0.25) is 6.10 Å². The van der Waals surface area contributed by atoms with Gasteiger partial charge in [-0.05, 0) is 71.1 Å². The number of carbonyl (C=O) groups excluding carboxylic acids is 1. The first kappa shape index (κ1) is 24.3. The Morgan fingerprint density at radius 2 is 1.69 bits per heavy atom. The third kappa shape index (κ3) is 4.85. The van der Waals surface area contributed by atoms with Crippen LogP contribution in [0.15, 0.2) is 36.4 Å². The van der Waals surface area contributed by atoms with Crippen LogP contribution < -0.4 is 14.4 Å². The fourth-order valence-corrected chi connectivity index (χ4v) is 4.90. The molecule has 0 N–H and O–H groups in total. The summed E-state index contributed by atoms with van der Waals surface area (Å²) >= 11 is 1.57. The zero-order chi connectivity index (χ0) is 22.1. The van der Waals surface area contributed by atoms with E-state index < -0.39 is 12.2 Å². The molecule has 0 saturated carbocycles. The van der Waals surface area contributed by atoms with Gasteiger partial charge >= 0.3 is 0 Å². The van der Waals surface area contributed by atoms with Gasteiger partial charge in [0.15, 0.2) is 16.6 Å². The highest BCUT2D eigenvalue weighted by Gasteiger charge is 2.38. The molecule has 0 saturated heterocycles. The Labute approximate surface area is 199 Å². The highest BCUT2D eigenvalue weighted by atomic mass is 35.5. The number of carbonyl (C=O) groups is 1. The molecule has 0 fully saturated rings. The lowest BCUT2D eigenvalue weighted by atomic mass is 10.1. The van der Waals surface area contributed by atoms with Crippen molar-refractivity contribution in [2.24, 2.45) is 0 Å². The van der Waals surface area contributed by atoms with Crippen LogP contribution in [0.5, 0.6) is 11.5 Å². The molecule has 4 rings (SSSR count). The summed E-state index contributed by atoms with van der Waals surface area (Å²) in [5, 5.41) is 0.714. The molecule has 32 heavy (non-hydrogen) atoms. The summed E-state index contributed by atoms with van der Waals surface area (Å²) in [7, 11) is 4.07. The second-order valence-electron chi connectivity index (χ2n) is 8.33. The van der Waals surface area contributed by atoms with Crippen LogP contribution in [0.4, 0.5) is 5.13 Å². The number of benzene rings is 2. The molecule has 2 unspecified atom stereocenters. The van der Waals surface area contributed by atoms with E-state index in [2.05, 4.69) is 30.9 Å². The van der Waals surface area contributed by atoms with Crippen molar-refractivity contribution < 1.29 is 14.3 Å². The molecule has 2 heterocycles. The first-order chi connectivity index (χ1) is 14.8. The molecular weight excluding hydrogens is 446 g/mol. The summed E-state index contributed by atoms with van der Waals surface area (Å²) in [4.78, 5) is 22.5. The van der Waals surface area contributed by atoms with Gasteiger partial charge in [-0.25, -0.2) is 4.98 Å². The van der Waals surface area contributed by atoms with Crippen molar-refractivity contribution in [2.45, 2.75) is 39.4 Å². The van der Waals surface area contributed by atoms with Crippen LogP contribution in [0.3, 0.4) is 0 Å². The van der Waals surface area contributed by atoms with Gasteiger partial charge in [-0.15, -0.1) is 12.4 Å². The van der Waals surface area contributed by atoms with Crippen molar-refractivity contribution in [1.82, 2.24) is 9.88 Å². The van der Waals surface area contributed by atoms with E-state index >= 15 is 0 Å². The van der Waals surface area contributed by atoms with E-state index in [1.165, 1.54) is 5.56 Å². The summed E-state index contributed by atoms with van der Waals surface area (Å²) in [5.41, 5.74) is 3.25. The van der Waals surface area contributed by atoms with Crippen molar-refractivity contribution in [3.05, 3.63) is 47.5 Å². The van der Waals surface area contributed by atoms with E-state index in [1.807, 2.05) is 45.3 Å². The predicted molar refractivity (Wildman–Crippen MR) is 133 cm³/mol. The maximum atomic E-state index is 13.7. The summed E-state index contributed by atoms with van der Waals surface area (Å²) in [5.74, 6) is 1.16. The monoisotopic (exact) mass is 475 g/mol. The number of thiazole rings is 1. The van der Waals surface area contributed by atoms with E-state index in [0.717, 1.165) is 28.7 Å². The van der Waals surface area contributed by atoms with Gasteiger partial charge in [-0.3, -0.25) is 9.69 Å². The van der Waals surface area contributed by atoms with Crippen LogP contribution in [0.2, 0.25) is 0 Å². The average molecular weight is 476 g/mol. The van der Waals surface area contributed by atoms with Gasteiger partial charge in [-0.2, -0.15) is 0 Å². The Bertz CT molecular complexity index is 1060. The molecule has 1 aromatic heterocycles. The maximum absolute atomic E-state index is 13.7. The first-order valence-electron chi connectivity index (χ1n) is 10.6. The molecule has 0 aliphatic carbocycles. The topological polar surface area (TPSA) is 54.9 Å². The number of anilines is 1. The summed E-state index contributed by atoms with van der Waals surface area (Å²) in [6, 6.07) is 11.7. The number of halogens is 1. The minimum absolute atomic E-state index is 0. The normalized spacial score (nSPS) is 17.3. The zero-order valence-electron chi connectivity index (χ0n) is 19.1. The van der Waals surface area contributed by atoms with Crippen LogP contribution in [0, 0.1) is 13.8 Å². The highest BCUT2D eigenvalue weighted by Crippen LogP contribution is 2.36. The summed E-state index contributed by atoms with van der Waals surface area (Å²) < 4.78 is 13.2. The lowest BCUT2D eigenvalue weighted by molar-refractivity contribution is -0.130. The van der Waals surface area contributed by atoms with E-state index in [4.69, 9.17) is 14.5 Å². The summed E-state index contributed by atoms with van der Waals surface area (Å²) in [6.07, 6.45) is -0.273. The van der Waals surface area contributed by atoms with Crippen LogP contribution in [-0.4, -0.2) is 55.2 Å². The Morgan fingerprint density at radius 1 is 1.03 bits per heavy atom. The molecule has 0 radical (unpaired) electrons. The number of ether oxygens (including phenoxy) is 2. The van der Waals surface area contributed by atoms with E-state index in [1.54, 1.807) is 16.2 Å². The molecular formula is C24H30ClN3O3S. The standard InChI is InChI=1S/C24H29N3O3S.ClH/c1-15-11-12-16(2)22-20(15)25-24(31-22)27(14-8-13-26(4)5)23(28)21-17(3)29-18-9-6-7-10-19(18)30-21;/h6-7,9-12,17,21H,8,13-14H2,1-5H3;1H. The minimum Gasteiger partial charge on any atom is -0.482 e. The zero-order valence-corrected chi connectivity index (χ0v) is 20.8. The molecule has 1 aliphatic rings. The lowest BCUT2D eigenvalue weighted by Crippen LogP contribution is -2.51. The first-order valence-corrected chi connectivity index (χ1v) is 11.4. The molecule has 6 nitrogen and oxygen atoms in total. The smallest absolute Gasteiger partial charge is 0.273 e. The lowest BCUT2D eigenvalue weighted by Gasteiger charge is -2.33. The van der Waals surface area contributed by atoms with Crippen LogP contribution >= 0.6 is 23.7 Å². The number of hydrogen-bond donors (Lipinski definition) is 0. The minimum atomic E-state index is -0.719. The molecule has 0 bridgehead atoms. The predicted octanol–water partition coefficient (Wildman–Crippen LogP) is 4.85. The molecule has 2 aromatic carbocycles. The SMILES string of the molecule is Cc1ccc(C)c2sc(N(CCCN(C)C)C(=O)C3Oc4ccccc4OC3C)nc12.Cl. The largest absolute Gasteiger partial charge is 0.482 e. The molecule has 3 aromatic rings. The second kappa shape index (κ2) is 10.1. The third-order valence-corrected chi connectivity index (χ3v) is 6.71. The van der Waals surface area contributed by atoms with Crippen molar-refractivity contribution in [2.75, 3.05) is 32.1 Å². The molecule has 1 amide bonds. The molecule has 1 aliphatic heterocycles. The Morgan fingerprint density at radius 3 is 2.34 bits per heavy atom. The van der Waals surface area contributed by atoms with Gasteiger partial charge in [0.25, 0.3) is 5.91 Å². The van der Waals surface area contributed by atoms with Gasteiger partial charge < -0.3 is 14.4 Å². The highest BCUT2D eigenvalue weighted by molar-refractivity contribution is 7.22. The molecule has 0 spiro atoms. The van der Waals surface area contributed by atoms with Crippen LogP contribution in [0.25, 0.3) is 10.2 Å². The number of amides is 1. The van der Waals surface area contributed by atoms with Gasteiger partial charge in [0.05, 0.1) is 10.2 Å². The number of hydrogen-bond acceptors (Lipinski definition) is 6. The van der Waals surface area contributed by atoms with Crippen molar-refractivity contribution >= 4 is 45.0 Å². The molecule has 172 valence electrons. The number of aromatic nitrogens is 1. The van der Waals surface area contributed by atoms with Crippen molar-refractivity contribution in [3.63, 3.8) is 0 Å². The second-order valence-corrected chi connectivity index (χ2v) is 9.31. The number of rotatable bonds is 6. The average Bonchev–Trinajstić information content (AvgIpc) is 3.19. The van der Waals surface area contributed by atoms with E-state index in [9.17, 15) is 4.79 Å². The fraction of sp³-hybridized carbons (Fsp3) is 0.417. The Hall–Kier alpha value is -2.35. The Kier molecular flexibility index (Phi) is 7.64. The number of fused-ring (bicyclic) bond motifs is 2. The van der Waals surface area contributed by atoms with E-state index in [0.29, 0.717) is 23.2 Å². The van der Waals surface area contributed by atoms with Gasteiger partial charge in [0, 0.05) is 6.54 Å². The number of aryl methyl sites for hydroxylation is 2. The summed E-state index contributed by atoms with van der Waals surface area (Å²) in [6.45, 7) is 7.47. The third-order valence-electron chi connectivity index (χ3n) is 5.50. The molecule has 2 atom stereocenters. The van der Waals surface area contributed by atoms with Crippen LogP contribution in [-0.2, 0) is 4.79 Å².